The number of carbonyl (C=O) groups is 1. The van der Waals surface area contributed by atoms with E-state index in [-0.39, 0.29) is 23.8 Å². The minimum absolute atomic E-state index is 0.0680. The van der Waals surface area contributed by atoms with Crippen LogP contribution in [0.15, 0.2) is 16.9 Å². The van der Waals surface area contributed by atoms with Crippen molar-refractivity contribution >= 4 is 5.91 Å². The van der Waals surface area contributed by atoms with Crippen LogP contribution in [0, 0.1) is 5.92 Å². The lowest BCUT2D eigenvalue weighted by Gasteiger charge is -2.20. The Labute approximate surface area is 152 Å². The third kappa shape index (κ3) is 3.95. The molecule has 1 aliphatic heterocycles. The molecule has 8 nitrogen and oxygen atoms in total. The van der Waals surface area contributed by atoms with E-state index in [9.17, 15) is 4.79 Å². The maximum absolute atomic E-state index is 12.1. The topological polar surface area (TPSA) is 89.1 Å². The summed E-state index contributed by atoms with van der Waals surface area (Å²) in [6.45, 7) is 7.07. The van der Waals surface area contributed by atoms with Gasteiger partial charge < -0.3 is 9.84 Å². The molecular formula is C18H26N6O2. The van der Waals surface area contributed by atoms with E-state index in [1.54, 1.807) is 0 Å². The predicted molar refractivity (Wildman–Crippen MR) is 94.2 cm³/mol. The van der Waals surface area contributed by atoms with Gasteiger partial charge in [0.1, 0.15) is 0 Å². The summed E-state index contributed by atoms with van der Waals surface area (Å²) in [6.07, 6.45) is 8.16. The number of hydrogen-bond acceptors (Lipinski definition) is 6. The van der Waals surface area contributed by atoms with Gasteiger partial charge in [0.05, 0.1) is 12.2 Å². The van der Waals surface area contributed by atoms with Gasteiger partial charge in [-0.15, -0.1) is 0 Å². The Morgan fingerprint density at radius 3 is 3.00 bits per heavy atom. The fraction of sp³-hybridized carbons (Fsp3) is 0.667. The number of hydrogen-bond donors (Lipinski definition) is 1. The second-order valence-electron chi connectivity index (χ2n) is 7.80. The van der Waals surface area contributed by atoms with E-state index in [2.05, 4.69) is 45.5 Å². The van der Waals surface area contributed by atoms with Gasteiger partial charge in [0, 0.05) is 30.9 Å². The molecule has 8 heteroatoms. The van der Waals surface area contributed by atoms with Crippen molar-refractivity contribution in [2.24, 2.45) is 5.92 Å². The van der Waals surface area contributed by atoms with Crippen LogP contribution in [0.2, 0.25) is 0 Å². The summed E-state index contributed by atoms with van der Waals surface area (Å²) in [7, 11) is 0. The molecule has 1 saturated heterocycles. The van der Waals surface area contributed by atoms with Crippen LogP contribution in [0.5, 0.6) is 0 Å². The molecule has 2 fully saturated rings. The quantitative estimate of drug-likeness (QED) is 0.816. The molecule has 2 aromatic rings. The van der Waals surface area contributed by atoms with Crippen molar-refractivity contribution in [3.05, 3.63) is 29.7 Å². The van der Waals surface area contributed by atoms with Crippen LogP contribution in [-0.4, -0.2) is 43.3 Å². The summed E-state index contributed by atoms with van der Waals surface area (Å²) in [6, 6.07) is 0.355. The van der Waals surface area contributed by atoms with E-state index in [0.717, 1.165) is 45.3 Å². The Hall–Kier alpha value is -2.22. The molecule has 4 rings (SSSR count). The first-order valence-electron chi connectivity index (χ1n) is 9.48. The van der Waals surface area contributed by atoms with Gasteiger partial charge in [0.15, 0.2) is 0 Å². The second kappa shape index (κ2) is 7.19. The van der Waals surface area contributed by atoms with E-state index >= 15 is 0 Å². The Balaban J connectivity index is 1.40. The minimum Gasteiger partial charge on any atom is -0.346 e. The van der Waals surface area contributed by atoms with Crippen molar-refractivity contribution in [2.75, 3.05) is 6.54 Å². The highest BCUT2D eigenvalue weighted by Crippen LogP contribution is 2.32. The Morgan fingerprint density at radius 2 is 2.23 bits per heavy atom. The molecule has 1 aliphatic carbocycles. The zero-order valence-electron chi connectivity index (χ0n) is 15.4. The van der Waals surface area contributed by atoms with Crippen molar-refractivity contribution in [3.8, 4) is 0 Å². The maximum atomic E-state index is 12.1. The molecule has 1 saturated carbocycles. The first-order valence-corrected chi connectivity index (χ1v) is 9.48. The molecule has 1 unspecified atom stereocenters. The van der Waals surface area contributed by atoms with Crippen LogP contribution in [-0.2, 0) is 13.1 Å². The van der Waals surface area contributed by atoms with Crippen LogP contribution < -0.4 is 5.32 Å². The standard InChI is InChI=1S/C18H26N6O2/c1-12(2)9-24-11-13(8-19-24)10-23-7-3-4-15(23)18-21-16(22-26-18)17(25)20-14-5-6-14/h8,11-12,14-15H,3-7,9-10H2,1-2H3,(H,20,25). The zero-order valence-corrected chi connectivity index (χ0v) is 15.4. The van der Waals surface area contributed by atoms with Gasteiger partial charge in [0.2, 0.25) is 5.89 Å². The zero-order chi connectivity index (χ0) is 18.1. The lowest BCUT2D eigenvalue weighted by Crippen LogP contribution is -2.26. The van der Waals surface area contributed by atoms with Gasteiger partial charge in [0.25, 0.3) is 11.7 Å². The van der Waals surface area contributed by atoms with E-state index in [4.69, 9.17) is 4.52 Å². The first kappa shape index (κ1) is 17.2. The van der Waals surface area contributed by atoms with Crippen molar-refractivity contribution < 1.29 is 9.32 Å². The molecule has 2 aromatic heterocycles. The molecule has 1 atom stereocenters. The monoisotopic (exact) mass is 358 g/mol. The Morgan fingerprint density at radius 1 is 1.38 bits per heavy atom. The molecule has 140 valence electrons. The molecule has 3 heterocycles. The second-order valence-corrected chi connectivity index (χ2v) is 7.80. The van der Waals surface area contributed by atoms with E-state index in [1.807, 2.05) is 10.9 Å². The normalized spacial score (nSPS) is 20.8. The van der Waals surface area contributed by atoms with E-state index < -0.39 is 0 Å². The average Bonchev–Trinajstić information content (AvgIpc) is 3.02. The minimum atomic E-state index is -0.234. The summed E-state index contributed by atoms with van der Waals surface area (Å²) in [5.41, 5.74) is 1.18. The molecule has 0 bridgehead atoms. The third-order valence-corrected chi connectivity index (χ3v) is 4.83. The summed E-state index contributed by atoms with van der Waals surface area (Å²) in [4.78, 5) is 18.7. The van der Waals surface area contributed by atoms with Crippen molar-refractivity contribution in [1.29, 1.82) is 0 Å². The van der Waals surface area contributed by atoms with Crippen molar-refractivity contribution in [3.63, 3.8) is 0 Å². The first-order chi connectivity index (χ1) is 12.6. The number of rotatable bonds is 7. The van der Waals surface area contributed by atoms with Gasteiger partial charge in [-0.3, -0.25) is 14.4 Å². The van der Waals surface area contributed by atoms with Gasteiger partial charge in [-0.1, -0.05) is 19.0 Å². The highest BCUT2D eigenvalue weighted by Gasteiger charge is 2.32. The molecule has 1 N–H and O–H groups in total. The van der Waals surface area contributed by atoms with E-state index in [1.165, 1.54) is 5.56 Å². The van der Waals surface area contributed by atoms with Gasteiger partial charge in [-0.25, -0.2) is 0 Å². The van der Waals surface area contributed by atoms with Gasteiger partial charge in [-0.2, -0.15) is 10.1 Å². The average molecular weight is 358 g/mol. The Bertz CT molecular complexity index is 763. The largest absolute Gasteiger partial charge is 0.346 e. The third-order valence-electron chi connectivity index (χ3n) is 4.83. The fourth-order valence-electron chi connectivity index (χ4n) is 3.43. The van der Waals surface area contributed by atoms with Crippen molar-refractivity contribution in [1.82, 2.24) is 30.1 Å². The van der Waals surface area contributed by atoms with Crippen LogP contribution >= 0.6 is 0 Å². The lowest BCUT2D eigenvalue weighted by molar-refractivity contribution is 0.0937. The van der Waals surface area contributed by atoms with Crippen LogP contribution in [0.3, 0.4) is 0 Å². The SMILES string of the molecule is CC(C)Cn1cc(CN2CCCC2c2nc(C(=O)NC3CC3)no2)cn1. The number of likely N-dealkylation sites (tertiary alicyclic amines) is 1. The number of carbonyl (C=O) groups excluding carboxylic acids is 1. The van der Waals surface area contributed by atoms with Crippen LogP contribution in [0.4, 0.5) is 0 Å². The summed E-state index contributed by atoms with van der Waals surface area (Å²) >= 11 is 0. The van der Waals surface area contributed by atoms with Crippen LogP contribution in [0.25, 0.3) is 0 Å². The number of nitrogens with one attached hydrogen (secondary N) is 1. The Kier molecular flexibility index (Phi) is 4.76. The molecule has 0 spiro atoms. The van der Waals surface area contributed by atoms with E-state index in [0.29, 0.717) is 11.8 Å². The number of amides is 1. The van der Waals surface area contributed by atoms with Gasteiger partial charge >= 0.3 is 0 Å². The molecule has 0 radical (unpaired) electrons. The summed E-state index contributed by atoms with van der Waals surface area (Å²) in [5, 5.41) is 11.2. The molecule has 2 aliphatic rings. The molecule has 0 aromatic carbocycles. The fourth-order valence-corrected chi connectivity index (χ4v) is 3.43. The molecule has 26 heavy (non-hydrogen) atoms. The highest BCUT2D eigenvalue weighted by atomic mass is 16.5. The van der Waals surface area contributed by atoms with Gasteiger partial charge in [-0.05, 0) is 38.1 Å². The molecular weight excluding hydrogens is 332 g/mol. The lowest BCUT2D eigenvalue weighted by atomic mass is 10.2. The predicted octanol–water partition coefficient (Wildman–Crippen LogP) is 2.15. The van der Waals surface area contributed by atoms with Crippen molar-refractivity contribution in [2.45, 2.75) is 64.7 Å². The number of aromatic nitrogens is 4. The summed E-state index contributed by atoms with van der Waals surface area (Å²) < 4.78 is 7.41. The molecule has 1 amide bonds. The summed E-state index contributed by atoms with van der Waals surface area (Å²) in [5.74, 6) is 1.02. The van der Waals surface area contributed by atoms with Crippen LogP contribution in [0.1, 0.15) is 67.6 Å². The smallest absolute Gasteiger partial charge is 0.292 e. The number of nitrogens with zero attached hydrogens (tertiary/aromatic N) is 5. The maximum Gasteiger partial charge on any atom is 0.292 e. The highest BCUT2D eigenvalue weighted by molar-refractivity contribution is 5.90.